The molecular formula is C77H150O6. The van der Waals surface area contributed by atoms with Crippen LogP contribution in [0.4, 0.5) is 0 Å². The smallest absolute Gasteiger partial charge is 0.306 e. The summed E-state index contributed by atoms with van der Waals surface area (Å²) >= 11 is 0. The Bertz CT molecular complexity index is 1250. The fourth-order valence-electron chi connectivity index (χ4n) is 12.3. The van der Waals surface area contributed by atoms with Gasteiger partial charge in [0.1, 0.15) is 13.2 Å². The molecule has 6 heteroatoms. The molecule has 0 aliphatic heterocycles. The monoisotopic (exact) mass is 1170 g/mol. The molecule has 0 aromatic carbocycles. The molecule has 0 saturated heterocycles. The second kappa shape index (κ2) is 72.9. The summed E-state index contributed by atoms with van der Waals surface area (Å²) in [5, 5.41) is 0. The first kappa shape index (κ1) is 81.4. The van der Waals surface area contributed by atoms with Crippen molar-refractivity contribution >= 4 is 17.9 Å². The Labute approximate surface area is 520 Å². The maximum Gasteiger partial charge on any atom is 0.306 e. The summed E-state index contributed by atoms with van der Waals surface area (Å²) in [5.41, 5.74) is 0. The highest BCUT2D eigenvalue weighted by Gasteiger charge is 2.20. The Morgan fingerprint density at radius 1 is 0.193 bits per heavy atom. The number of hydrogen-bond donors (Lipinski definition) is 0. The molecule has 1 atom stereocenters. The van der Waals surface area contributed by atoms with Crippen molar-refractivity contribution in [1.29, 1.82) is 0 Å². The van der Waals surface area contributed by atoms with Crippen molar-refractivity contribution in [2.24, 2.45) is 0 Å². The molecule has 0 aromatic heterocycles. The van der Waals surface area contributed by atoms with Crippen molar-refractivity contribution < 1.29 is 28.6 Å². The molecule has 494 valence electrons. The second-order valence-electron chi connectivity index (χ2n) is 26.6. The van der Waals surface area contributed by atoms with E-state index in [1.807, 2.05) is 0 Å². The van der Waals surface area contributed by atoms with Crippen LogP contribution in [-0.4, -0.2) is 37.2 Å². The van der Waals surface area contributed by atoms with Crippen molar-refractivity contribution in [2.75, 3.05) is 13.2 Å². The van der Waals surface area contributed by atoms with Gasteiger partial charge in [0, 0.05) is 19.3 Å². The molecule has 0 aromatic rings. The molecule has 1 unspecified atom stereocenters. The maximum absolute atomic E-state index is 12.9. The van der Waals surface area contributed by atoms with Gasteiger partial charge in [-0.1, -0.05) is 419 Å². The van der Waals surface area contributed by atoms with Gasteiger partial charge in [-0.25, -0.2) is 0 Å². The molecule has 0 spiro atoms. The van der Waals surface area contributed by atoms with Crippen LogP contribution in [0, 0.1) is 0 Å². The topological polar surface area (TPSA) is 78.9 Å². The highest BCUT2D eigenvalue weighted by Crippen LogP contribution is 2.20. The first-order valence-electron chi connectivity index (χ1n) is 38.5. The Hall–Kier alpha value is -1.59. The van der Waals surface area contributed by atoms with Crippen molar-refractivity contribution in [1.82, 2.24) is 0 Å². The predicted octanol–water partition coefficient (Wildman–Crippen LogP) is 26.6. The maximum atomic E-state index is 12.9. The van der Waals surface area contributed by atoms with Gasteiger partial charge < -0.3 is 14.2 Å². The van der Waals surface area contributed by atoms with E-state index in [0.717, 1.165) is 64.2 Å². The van der Waals surface area contributed by atoms with Crippen LogP contribution >= 0.6 is 0 Å². The summed E-state index contributed by atoms with van der Waals surface area (Å²) in [6.45, 7) is 6.66. The van der Waals surface area contributed by atoms with Gasteiger partial charge in [-0.15, -0.1) is 0 Å². The lowest BCUT2D eigenvalue weighted by molar-refractivity contribution is -0.167. The molecule has 83 heavy (non-hydrogen) atoms. The number of ether oxygens (including phenoxy) is 3. The van der Waals surface area contributed by atoms with E-state index < -0.39 is 6.10 Å². The second-order valence-corrected chi connectivity index (χ2v) is 26.6. The average molecular weight is 1170 g/mol. The van der Waals surface area contributed by atoms with Gasteiger partial charge in [0.15, 0.2) is 6.10 Å². The fourth-order valence-corrected chi connectivity index (χ4v) is 12.3. The summed E-state index contributed by atoms with van der Waals surface area (Å²) in [4.78, 5) is 38.1. The van der Waals surface area contributed by atoms with E-state index in [1.54, 1.807) is 0 Å². The molecule has 6 nitrogen and oxygen atoms in total. The van der Waals surface area contributed by atoms with E-state index in [0.29, 0.717) is 19.3 Å². The van der Waals surface area contributed by atoms with E-state index in [-0.39, 0.29) is 31.1 Å². The molecule has 0 radical (unpaired) electrons. The first-order chi connectivity index (χ1) is 41.0. The molecule has 0 amide bonds. The van der Waals surface area contributed by atoms with Gasteiger partial charge in [-0.2, -0.15) is 0 Å². The van der Waals surface area contributed by atoms with E-state index in [1.165, 1.54) is 353 Å². The number of hydrogen-bond acceptors (Lipinski definition) is 6. The number of carbonyl (C=O) groups is 3. The minimum atomic E-state index is -0.762. The van der Waals surface area contributed by atoms with Crippen molar-refractivity contribution in [3.05, 3.63) is 0 Å². The first-order valence-corrected chi connectivity index (χ1v) is 38.5. The third kappa shape index (κ3) is 71.1. The number of unbranched alkanes of at least 4 members (excludes halogenated alkanes) is 62. The molecular weight excluding hydrogens is 1020 g/mol. The summed E-state index contributed by atoms with van der Waals surface area (Å²) < 4.78 is 16.9. The minimum absolute atomic E-state index is 0.0620. The van der Waals surface area contributed by atoms with Crippen LogP contribution in [0.3, 0.4) is 0 Å². The lowest BCUT2D eigenvalue weighted by atomic mass is 10.0. The van der Waals surface area contributed by atoms with Gasteiger partial charge in [-0.05, 0) is 19.3 Å². The van der Waals surface area contributed by atoms with Gasteiger partial charge >= 0.3 is 17.9 Å². The summed E-state index contributed by atoms with van der Waals surface area (Å²) in [6, 6.07) is 0. The van der Waals surface area contributed by atoms with E-state index in [2.05, 4.69) is 20.8 Å². The van der Waals surface area contributed by atoms with Gasteiger partial charge in [0.2, 0.25) is 0 Å². The van der Waals surface area contributed by atoms with Gasteiger partial charge in [-0.3, -0.25) is 14.4 Å². The van der Waals surface area contributed by atoms with Gasteiger partial charge in [0.25, 0.3) is 0 Å². The predicted molar refractivity (Wildman–Crippen MR) is 363 cm³/mol. The molecule has 0 rings (SSSR count). The summed E-state index contributed by atoms with van der Waals surface area (Å²) in [5.74, 6) is -0.839. The lowest BCUT2D eigenvalue weighted by Gasteiger charge is -2.18. The van der Waals surface area contributed by atoms with Crippen LogP contribution in [0.2, 0.25) is 0 Å². The molecule has 0 fully saturated rings. The van der Waals surface area contributed by atoms with E-state index in [4.69, 9.17) is 14.2 Å². The Kier molecular flexibility index (Phi) is 71.5. The Balaban J connectivity index is 3.84. The fraction of sp³-hybridized carbons (Fsp3) is 0.961. The minimum Gasteiger partial charge on any atom is -0.462 e. The number of rotatable bonds is 73. The molecule has 0 bridgehead atoms. The quantitative estimate of drug-likeness (QED) is 0.0343. The normalized spacial score (nSPS) is 11.9. The molecule has 0 aliphatic carbocycles. The third-order valence-corrected chi connectivity index (χ3v) is 18.1. The molecule has 0 N–H and O–H groups in total. The molecule has 0 aliphatic rings. The largest absolute Gasteiger partial charge is 0.462 e. The van der Waals surface area contributed by atoms with Crippen LogP contribution in [0.1, 0.15) is 457 Å². The average Bonchev–Trinajstić information content (AvgIpc) is 3.49. The molecule has 0 heterocycles. The highest BCUT2D eigenvalue weighted by molar-refractivity contribution is 5.71. The Morgan fingerprint density at radius 2 is 0.325 bits per heavy atom. The van der Waals surface area contributed by atoms with Crippen LogP contribution in [0.5, 0.6) is 0 Å². The van der Waals surface area contributed by atoms with Crippen molar-refractivity contribution in [3.63, 3.8) is 0 Å². The zero-order chi connectivity index (χ0) is 59.9. The van der Waals surface area contributed by atoms with Gasteiger partial charge in [0.05, 0.1) is 0 Å². The third-order valence-electron chi connectivity index (χ3n) is 18.1. The zero-order valence-electron chi connectivity index (χ0n) is 57.0. The van der Waals surface area contributed by atoms with Crippen LogP contribution in [0.25, 0.3) is 0 Å². The van der Waals surface area contributed by atoms with Crippen molar-refractivity contribution in [2.45, 2.75) is 463 Å². The van der Waals surface area contributed by atoms with Crippen LogP contribution < -0.4 is 0 Å². The number of esters is 3. The van der Waals surface area contributed by atoms with E-state index in [9.17, 15) is 14.4 Å². The van der Waals surface area contributed by atoms with Crippen LogP contribution in [-0.2, 0) is 28.6 Å². The SMILES string of the molecule is CCCCCCCCCCCCCCCCCCCCCCCCCCCCCCCCCCC(=O)OCC(COC(=O)CCCCCCC)OC(=O)CCCCCCCCCCCCCCCCCCCCCCCCCCCCCC. The lowest BCUT2D eigenvalue weighted by Crippen LogP contribution is -2.30. The number of carbonyl (C=O) groups excluding carboxylic acids is 3. The zero-order valence-corrected chi connectivity index (χ0v) is 57.0. The van der Waals surface area contributed by atoms with E-state index >= 15 is 0 Å². The Morgan fingerprint density at radius 3 is 0.482 bits per heavy atom. The molecule has 0 saturated carbocycles. The highest BCUT2D eigenvalue weighted by atomic mass is 16.6. The van der Waals surface area contributed by atoms with Crippen molar-refractivity contribution in [3.8, 4) is 0 Å². The summed E-state index contributed by atoms with van der Waals surface area (Å²) in [6.07, 6.45) is 88.1. The standard InChI is InChI=1S/C77H150O6/c1-4-7-10-13-15-17-19-21-23-25-27-29-31-33-35-37-38-39-40-42-43-45-47-49-51-53-55-57-59-61-64-67-70-76(79)82-73-74(72-81-75(78)69-66-63-12-9-6-3)83-77(80)71-68-65-62-60-58-56-54-52-50-48-46-44-41-36-34-32-30-28-26-24-22-20-18-16-14-11-8-5-2/h74H,4-73H2,1-3H3. The summed E-state index contributed by atoms with van der Waals surface area (Å²) in [7, 11) is 0. The van der Waals surface area contributed by atoms with Crippen LogP contribution in [0.15, 0.2) is 0 Å².